The number of rotatable bonds is 12. The lowest BCUT2D eigenvalue weighted by atomic mass is 9.66. The SMILES string of the molecule is CC(C)CCCC(C)CCCC(C)CCCC1(C)CCC2C(C)C(O)CC(C)C2O1. The van der Waals surface area contributed by atoms with Gasteiger partial charge in [-0.2, -0.15) is 0 Å². The van der Waals surface area contributed by atoms with Gasteiger partial charge in [0.2, 0.25) is 0 Å². The fourth-order valence-corrected chi connectivity index (χ4v) is 6.21. The Morgan fingerprint density at radius 2 is 1.47 bits per heavy atom. The normalized spacial score (nSPS) is 36.5. The first-order chi connectivity index (χ1) is 14.1. The number of hydrogen-bond acceptors (Lipinski definition) is 2. The first-order valence-corrected chi connectivity index (χ1v) is 13.5. The molecule has 0 aromatic heterocycles. The van der Waals surface area contributed by atoms with Crippen molar-refractivity contribution in [1.29, 1.82) is 0 Å². The molecule has 0 bridgehead atoms. The summed E-state index contributed by atoms with van der Waals surface area (Å²) in [5.74, 6) is 4.03. The second kappa shape index (κ2) is 12.2. The van der Waals surface area contributed by atoms with Crippen molar-refractivity contribution in [2.75, 3.05) is 0 Å². The molecule has 0 spiro atoms. The highest BCUT2D eigenvalue weighted by Gasteiger charge is 2.47. The monoisotopic (exact) mass is 422 g/mol. The van der Waals surface area contributed by atoms with Gasteiger partial charge in [-0.3, -0.25) is 0 Å². The van der Waals surface area contributed by atoms with E-state index in [0.717, 1.165) is 24.2 Å². The second-order valence-electron chi connectivity index (χ2n) is 12.2. The second-order valence-corrected chi connectivity index (χ2v) is 12.2. The molecule has 2 nitrogen and oxygen atoms in total. The van der Waals surface area contributed by atoms with Gasteiger partial charge in [-0.25, -0.2) is 0 Å². The summed E-state index contributed by atoms with van der Waals surface area (Å²) < 4.78 is 6.75. The minimum Gasteiger partial charge on any atom is -0.393 e. The lowest BCUT2D eigenvalue weighted by Crippen LogP contribution is -2.53. The van der Waals surface area contributed by atoms with Gasteiger partial charge in [-0.1, -0.05) is 92.9 Å². The molecule has 1 saturated heterocycles. The van der Waals surface area contributed by atoms with Crippen LogP contribution >= 0.6 is 0 Å². The van der Waals surface area contributed by atoms with Gasteiger partial charge in [0.05, 0.1) is 17.8 Å². The van der Waals surface area contributed by atoms with Gasteiger partial charge in [-0.15, -0.1) is 0 Å². The van der Waals surface area contributed by atoms with Crippen LogP contribution in [0.3, 0.4) is 0 Å². The van der Waals surface area contributed by atoms with Gasteiger partial charge in [0.15, 0.2) is 0 Å². The van der Waals surface area contributed by atoms with E-state index < -0.39 is 0 Å². The van der Waals surface area contributed by atoms with E-state index in [1.807, 2.05) is 0 Å². The summed E-state index contributed by atoms with van der Waals surface area (Å²) in [6, 6.07) is 0. The molecule has 2 fully saturated rings. The van der Waals surface area contributed by atoms with Gasteiger partial charge < -0.3 is 9.84 Å². The lowest BCUT2D eigenvalue weighted by molar-refractivity contribution is -0.203. The molecule has 178 valence electrons. The van der Waals surface area contributed by atoms with Gasteiger partial charge >= 0.3 is 0 Å². The zero-order valence-electron chi connectivity index (χ0n) is 21.5. The van der Waals surface area contributed by atoms with Crippen molar-refractivity contribution in [3.05, 3.63) is 0 Å². The largest absolute Gasteiger partial charge is 0.393 e. The Balaban J connectivity index is 1.62. The van der Waals surface area contributed by atoms with E-state index in [1.165, 1.54) is 70.6 Å². The summed E-state index contributed by atoms with van der Waals surface area (Å²) >= 11 is 0. The third kappa shape index (κ3) is 8.12. The van der Waals surface area contributed by atoms with E-state index >= 15 is 0 Å². The Hall–Kier alpha value is -0.0800. The minimum absolute atomic E-state index is 0.0576. The molecule has 1 N–H and O–H groups in total. The molecule has 0 radical (unpaired) electrons. The summed E-state index contributed by atoms with van der Waals surface area (Å²) in [5, 5.41) is 10.3. The molecule has 2 heteroatoms. The zero-order valence-corrected chi connectivity index (χ0v) is 21.5. The fourth-order valence-electron chi connectivity index (χ4n) is 6.21. The van der Waals surface area contributed by atoms with Crippen LogP contribution in [0.25, 0.3) is 0 Å². The summed E-state index contributed by atoms with van der Waals surface area (Å²) in [6.45, 7) is 16.4. The standard InChI is InChI=1S/C28H54O2/c1-20(2)11-8-12-21(3)13-9-14-22(4)15-10-17-28(7)18-16-25-24(6)26(29)19-23(5)27(25)30-28/h20-27,29H,8-19H2,1-7H3. The van der Waals surface area contributed by atoms with Crippen LogP contribution in [0.5, 0.6) is 0 Å². The molecule has 0 amide bonds. The van der Waals surface area contributed by atoms with Crippen molar-refractivity contribution in [3.8, 4) is 0 Å². The van der Waals surface area contributed by atoms with Gasteiger partial charge in [0, 0.05) is 0 Å². The summed E-state index contributed by atoms with van der Waals surface area (Å²) in [7, 11) is 0. The number of fused-ring (bicyclic) bond motifs is 1. The molecule has 2 aliphatic rings. The van der Waals surface area contributed by atoms with Crippen LogP contribution in [0, 0.1) is 35.5 Å². The van der Waals surface area contributed by atoms with E-state index in [1.54, 1.807) is 0 Å². The van der Waals surface area contributed by atoms with Crippen LogP contribution in [0.2, 0.25) is 0 Å². The van der Waals surface area contributed by atoms with Crippen molar-refractivity contribution in [2.45, 2.75) is 143 Å². The Morgan fingerprint density at radius 1 is 0.900 bits per heavy atom. The van der Waals surface area contributed by atoms with Gasteiger partial charge in [0.25, 0.3) is 0 Å². The molecule has 1 saturated carbocycles. The van der Waals surface area contributed by atoms with Crippen molar-refractivity contribution in [3.63, 3.8) is 0 Å². The highest BCUT2D eigenvalue weighted by molar-refractivity contribution is 4.96. The van der Waals surface area contributed by atoms with Gasteiger partial charge in [0.1, 0.15) is 0 Å². The number of aliphatic hydroxyl groups is 1. The average molecular weight is 423 g/mol. The third-order valence-electron chi connectivity index (χ3n) is 8.58. The third-order valence-corrected chi connectivity index (χ3v) is 8.58. The number of aliphatic hydroxyl groups excluding tert-OH is 1. The first kappa shape index (κ1) is 26.2. The van der Waals surface area contributed by atoms with E-state index in [2.05, 4.69) is 48.5 Å². The quantitative estimate of drug-likeness (QED) is 0.345. The topological polar surface area (TPSA) is 29.5 Å². The molecule has 0 aromatic rings. The van der Waals surface area contributed by atoms with E-state index in [9.17, 15) is 5.11 Å². The molecule has 8 atom stereocenters. The summed E-state index contributed by atoms with van der Waals surface area (Å²) in [6.07, 6.45) is 15.8. The van der Waals surface area contributed by atoms with Crippen molar-refractivity contribution < 1.29 is 9.84 Å². The smallest absolute Gasteiger partial charge is 0.0658 e. The van der Waals surface area contributed by atoms with Crippen LogP contribution in [0.4, 0.5) is 0 Å². The predicted octanol–water partition coefficient (Wildman–Crippen LogP) is 8.02. The molecule has 30 heavy (non-hydrogen) atoms. The van der Waals surface area contributed by atoms with Crippen LogP contribution in [0.15, 0.2) is 0 Å². The number of hydrogen-bond donors (Lipinski definition) is 1. The Kier molecular flexibility index (Phi) is 10.7. The fraction of sp³-hybridized carbons (Fsp3) is 1.00. The van der Waals surface area contributed by atoms with Crippen molar-refractivity contribution >= 4 is 0 Å². The molecule has 1 aliphatic carbocycles. The predicted molar refractivity (Wildman–Crippen MR) is 130 cm³/mol. The molecule has 0 aromatic carbocycles. The Labute approximate surface area is 188 Å². The van der Waals surface area contributed by atoms with Crippen LogP contribution in [-0.2, 0) is 4.74 Å². The first-order valence-electron chi connectivity index (χ1n) is 13.5. The van der Waals surface area contributed by atoms with Crippen LogP contribution < -0.4 is 0 Å². The maximum atomic E-state index is 10.3. The maximum Gasteiger partial charge on any atom is 0.0658 e. The average Bonchev–Trinajstić information content (AvgIpc) is 2.66. The van der Waals surface area contributed by atoms with Gasteiger partial charge in [-0.05, 0) is 68.1 Å². The molecule has 2 rings (SSSR count). The molecule has 1 aliphatic heterocycles. The van der Waals surface area contributed by atoms with Crippen LogP contribution in [0.1, 0.15) is 126 Å². The number of ether oxygens (including phenoxy) is 1. The Bertz CT molecular complexity index is 475. The highest BCUT2D eigenvalue weighted by atomic mass is 16.5. The van der Waals surface area contributed by atoms with Crippen LogP contribution in [-0.4, -0.2) is 22.9 Å². The van der Waals surface area contributed by atoms with E-state index in [0.29, 0.717) is 23.9 Å². The minimum atomic E-state index is -0.132. The molecular weight excluding hydrogens is 368 g/mol. The summed E-state index contributed by atoms with van der Waals surface area (Å²) in [4.78, 5) is 0. The maximum absolute atomic E-state index is 10.3. The van der Waals surface area contributed by atoms with E-state index in [-0.39, 0.29) is 11.7 Å². The molecule has 1 heterocycles. The zero-order chi connectivity index (χ0) is 22.3. The van der Waals surface area contributed by atoms with Crippen molar-refractivity contribution in [1.82, 2.24) is 0 Å². The molecule has 8 unspecified atom stereocenters. The van der Waals surface area contributed by atoms with Crippen molar-refractivity contribution in [2.24, 2.45) is 35.5 Å². The Morgan fingerprint density at radius 3 is 2.07 bits per heavy atom. The highest BCUT2D eigenvalue weighted by Crippen LogP contribution is 2.46. The lowest BCUT2D eigenvalue weighted by Gasteiger charge is -2.51. The molecular formula is C28H54O2. The van der Waals surface area contributed by atoms with E-state index in [4.69, 9.17) is 4.74 Å². The summed E-state index contributed by atoms with van der Waals surface area (Å²) in [5.41, 5.74) is 0.0576.